The summed E-state index contributed by atoms with van der Waals surface area (Å²) in [4.78, 5) is 58.8. The summed E-state index contributed by atoms with van der Waals surface area (Å²) in [6.07, 6.45) is 1.97. The van der Waals surface area contributed by atoms with E-state index in [1.165, 1.54) is 0 Å². The van der Waals surface area contributed by atoms with E-state index < -0.39 is 5.91 Å². The minimum absolute atomic E-state index is 0.0533. The molecule has 0 unspecified atom stereocenters. The molecule has 1 aromatic heterocycles. The van der Waals surface area contributed by atoms with E-state index in [-0.39, 0.29) is 34.7 Å². The number of rotatable bonds is 18. The van der Waals surface area contributed by atoms with Gasteiger partial charge in [-0.1, -0.05) is 77.9 Å². The zero-order chi connectivity index (χ0) is 38.2. The first-order chi connectivity index (χ1) is 25.8. The minimum atomic E-state index is -0.467. The summed E-state index contributed by atoms with van der Waals surface area (Å²) in [5.74, 6) is 0.369. The number of carbonyl (C=O) groups excluding carboxylic acids is 3. The molecule has 0 spiro atoms. The lowest BCUT2D eigenvalue weighted by Gasteiger charge is -2.18. The van der Waals surface area contributed by atoms with Crippen LogP contribution < -0.4 is 21.3 Å². The molecule has 0 saturated carbocycles. The van der Waals surface area contributed by atoms with E-state index in [1.54, 1.807) is 54.6 Å². The van der Waals surface area contributed by atoms with Crippen molar-refractivity contribution in [2.75, 3.05) is 73.6 Å². The molecule has 282 valence electrons. The molecule has 12 nitrogen and oxygen atoms in total. The Morgan fingerprint density at radius 3 is 1.77 bits per heavy atom. The number of amides is 1. The van der Waals surface area contributed by atoms with Gasteiger partial charge in [0.1, 0.15) is 0 Å². The number of benzene rings is 3. The van der Waals surface area contributed by atoms with Crippen LogP contribution in [0, 0.1) is 0 Å². The number of hydrogen-bond donors (Lipinski definition) is 4. The van der Waals surface area contributed by atoms with Gasteiger partial charge in [0.15, 0.2) is 11.6 Å². The number of hydrogen-bond acceptors (Lipinski definition) is 11. The van der Waals surface area contributed by atoms with E-state index in [4.69, 9.17) is 0 Å². The van der Waals surface area contributed by atoms with Gasteiger partial charge in [-0.3, -0.25) is 14.4 Å². The molecule has 0 fully saturated rings. The topological polar surface area (TPSA) is 144 Å². The quantitative estimate of drug-likeness (QED) is 0.0778. The number of anilines is 5. The van der Waals surface area contributed by atoms with Crippen molar-refractivity contribution in [1.82, 2.24) is 24.8 Å². The summed E-state index contributed by atoms with van der Waals surface area (Å²) >= 11 is 0. The van der Waals surface area contributed by atoms with E-state index in [0.717, 1.165) is 65.2 Å². The Morgan fingerprint density at radius 1 is 0.660 bits per heavy atom. The molecule has 0 bridgehead atoms. The number of nitrogens with zero attached hydrogens (tertiary/aromatic N) is 5. The van der Waals surface area contributed by atoms with Crippen molar-refractivity contribution in [3.8, 4) is 0 Å². The van der Waals surface area contributed by atoms with E-state index >= 15 is 0 Å². The molecule has 4 aromatic rings. The summed E-state index contributed by atoms with van der Waals surface area (Å²) < 4.78 is 0. The van der Waals surface area contributed by atoms with Gasteiger partial charge in [0.2, 0.25) is 17.8 Å². The average Bonchev–Trinajstić information content (AvgIpc) is 3.29. The highest BCUT2D eigenvalue weighted by atomic mass is 16.2. The van der Waals surface area contributed by atoms with Gasteiger partial charge in [0.25, 0.3) is 5.91 Å². The van der Waals surface area contributed by atoms with Crippen molar-refractivity contribution in [2.24, 2.45) is 0 Å². The van der Waals surface area contributed by atoms with Crippen LogP contribution >= 0.6 is 0 Å². The molecule has 0 radical (unpaired) electrons. The number of carbonyl (C=O) groups is 3. The highest BCUT2D eigenvalue weighted by Gasteiger charge is 2.29. The van der Waals surface area contributed by atoms with Crippen LogP contribution in [0.15, 0.2) is 66.7 Å². The Hall–Kier alpha value is -5.20. The summed E-state index contributed by atoms with van der Waals surface area (Å²) in [5, 5.41) is 12.9. The van der Waals surface area contributed by atoms with E-state index in [1.807, 2.05) is 26.0 Å². The van der Waals surface area contributed by atoms with Crippen LogP contribution in [0.4, 0.5) is 29.2 Å². The lowest BCUT2D eigenvalue weighted by atomic mass is 9.94. The van der Waals surface area contributed by atoms with E-state index in [0.29, 0.717) is 40.3 Å². The second kappa shape index (κ2) is 20.7. The van der Waals surface area contributed by atoms with Crippen molar-refractivity contribution in [3.05, 3.63) is 94.5 Å². The molecule has 3 aromatic carbocycles. The number of ketones is 2. The Bertz CT molecular complexity index is 1770. The molecule has 1 heterocycles. The fourth-order valence-electron chi connectivity index (χ4n) is 6.17. The van der Waals surface area contributed by atoms with Crippen LogP contribution in [-0.4, -0.2) is 94.6 Å². The number of nitrogens with one attached hydrogen (secondary N) is 4. The standard InChI is InChI=1S/C39H49N9O3.C2H6/c1-5-47(6-2)24-12-22-40-37-44-38(41-23-13-25-48(7-3)8-4)46-39(45-37)43-29-20-18-28(19-21-29)42-36(51)32-17-11-16-31-34(32)33(49)26-27-14-9-10-15-30(27)35(31)50;1-2/h9-11,14-21H,5-8,12-13,22-26H2,1-4H3,(H,42,51)(H3,40,41,43,44,45,46);1-2H3. The summed E-state index contributed by atoms with van der Waals surface area (Å²) in [5.41, 5.74) is 2.95. The molecule has 1 amide bonds. The molecule has 1 aliphatic rings. The number of aromatic nitrogens is 3. The van der Waals surface area contributed by atoms with E-state index in [9.17, 15) is 14.4 Å². The first-order valence-corrected chi connectivity index (χ1v) is 19.0. The van der Waals surface area contributed by atoms with Crippen molar-refractivity contribution >= 4 is 46.7 Å². The molecule has 0 saturated heterocycles. The zero-order valence-corrected chi connectivity index (χ0v) is 32.1. The third kappa shape index (κ3) is 11.1. The van der Waals surface area contributed by atoms with E-state index in [2.05, 4.69) is 73.7 Å². The Morgan fingerprint density at radius 2 is 1.19 bits per heavy atom. The third-order valence-electron chi connectivity index (χ3n) is 9.14. The fraction of sp³-hybridized carbons (Fsp3) is 0.415. The van der Waals surface area contributed by atoms with Crippen molar-refractivity contribution in [1.29, 1.82) is 0 Å². The van der Waals surface area contributed by atoms with Gasteiger partial charge in [-0.2, -0.15) is 15.0 Å². The second-order valence-electron chi connectivity index (χ2n) is 12.4. The molecule has 0 atom stereocenters. The first kappa shape index (κ1) is 40.6. The van der Waals surface area contributed by atoms with Gasteiger partial charge < -0.3 is 31.1 Å². The SMILES string of the molecule is CC.CCN(CC)CCCNc1nc(NCCCN(CC)CC)nc(Nc2ccc(NC(=O)c3cccc4c3C(=O)Cc3ccccc3C4=O)cc2)n1. The molecule has 5 rings (SSSR count). The van der Waals surface area contributed by atoms with Gasteiger partial charge >= 0.3 is 0 Å². The molecule has 12 heteroatoms. The summed E-state index contributed by atoms with van der Waals surface area (Å²) in [7, 11) is 0. The lowest BCUT2D eigenvalue weighted by molar-refractivity contribution is 0.0968. The highest BCUT2D eigenvalue weighted by Crippen LogP contribution is 2.28. The van der Waals surface area contributed by atoms with Gasteiger partial charge in [-0.15, -0.1) is 0 Å². The molecular formula is C41H55N9O3. The number of Topliss-reactive ketones (excluding diaryl/α,β-unsaturated/α-hetero) is 1. The zero-order valence-electron chi connectivity index (χ0n) is 32.1. The maximum atomic E-state index is 13.5. The maximum Gasteiger partial charge on any atom is 0.256 e. The minimum Gasteiger partial charge on any atom is -0.354 e. The Labute approximate surface area is 314 Å². The fourth-order valence-corrected chi connectivity index (χ4v) is 6.17. The average molecular weight is 722 g/mol. The molecule has 1 aliphatic carbocycles. The van der Waals surface area contributed by atoms with Gasteiger partial charge in [0.05, 0.1) is 5.56 Å². The van der Waals surface area contributed by atoms with Crippen molar-refractivity contribution < 1.29 is 14.4 Å². The summed E-state index contributed by atoms with van der Waals surface area (Å²) in [6.45, 7) is 20.2. The van der Waals surface area contributed by atoms with Gasteiger partial charge in [-0.05, 0) is 88.0 Å². The van der Waals surface area contributed by atoms with Gasteiger partial charge in [0, 0.05) is 47.6 Å². The van der Waals surface area contributed by atoms with Crippen LogP contribution in [0.25, 0.3) is 0 Å². The number of fused-ring (bicyclic) bond motifs is 2. The van der Waals surface area contributed by atoms with Crippen LogP contribution in [-0.2, 0) is 6.42 Å². The molecule has 4 N–H and O–H groups in total. The Balaban J connectivity index is 0.00000308. The van der Waals surface area contributed by atoms with Crippen molar-refractivity contribution in [2.45, 2.75) is 60.8 Å². The molecule has 0 aliphatic heterocycles. The smallest absolute Gasteiger partial charge is 0.256 e. The van der Waals surface area contributed by atoms with Crippen LogP contribution in [0.2, 0.25) is 0 Å². The molecule has 53 heavy (non-hydrogen) atoms. The molecular weight excluding hydrogens is 667 g/mol. The Kier molecular flexibility index (Phi) is 15.9. The third-order valence-corrected chi connectivity index (χ3v) is 9.14. The second-order valence-corrected chi connectivity index (χ2v) is 12.4. The largest absolute Gasteiger partial charge is 0.354 e. The predicted molar refractivity (Wildman–Crippen MR) is 215 cm³/mol. The lowest BCUT2D eigenvalue weighted by Crippen LogP contribution is -2.26. The van der Waals surface area contributed by atoms with Crippen LogP contribution in [0.1, 0.15) is 96.6 Å². The predicted octanol–water partition coefficient (Wildman–Crippen LogP) is 7.15. The first-order valence-electron chi connectivity index (χ1n) is 19.0. The summed E-state index contributed by atoms with van der Waals surface area (Å²) in [6, 6.07) is 19.0. The monoisotopic (exact) mass is 721 g/mol. The maximum absolute atomic E-state index is 13.5. The highest BCUT2D eigenvalue weighted by molar-refractivity contribution is 6.23. The van der Waals surface area contributed by atoms with Crippen LogP contribution in [0.3, 0.4) is 0 Å². The van der Waals surface area contributed by atoms with Crippen LogP contribution in [0.5, 0.6) is 0 Å². The van der Waals surface area contributed by atoms with Crippen molar-refractivity contribution in [3.63, 3.8) is 0 Å². The normalized spacial score (nSPS) is 12.0. The van der Waals surface area contributed by atoms with Gasteiger partial charge in [-0.25, -0.2) is 0 Å².